The largest absolute Gasteiger partial charge is 0.489 e. The van der Waals surface area contributed by atoms with Crippen molar-refractivity contribution in [3.8, 4) is 5.75 Å². The van der Waals surface area contributed by atoms with Gasteiger partial charge in [0.1, 0.15) is 22.5 Å². The number of carbonyl (C=O) groups excluding carboxylic acids is 1. The predicted molar refractivity (Wildman–Crippen MR) is 122 cm³/mol. The van der Waals surface area contributed by atoms with Crippen molar-refractivity contribution in [1.82, 2.24) is 4.90 Å². The molecule has 1 saturated heterocycles. The van der Waals surface area contributed by atoms with Crippen molar-refractivity contribution >= 4 is 40.3 Å². The second-order valence-corrected chi connectivity index (χ2v) is 8.38. The average Bonchev–Trinajstić information content (AvgIpc) is 3.01. The highest BCUT2D eigenvalue weighted by Crippen LogP contribution is 2.34. The SMILES string of the molecule is O=C1/C(=C\c2cccc(OCc3ccccc3F)c2)SC(=S)N1Cc1ccccc1. The van der Waals surface area contributed by atoms with E-state index in [0.717, 1.165) is 11.1 Å². The van der Waals surface area contributed by atoms with Crippen molar-refractivity contribution in [2.75, 3.05) is 0 Å². The molecule has 3 aromatic carbocycles. The fourth-order valence-electron chi connectivity index (χ4n) is 3.02. The molecule has 1 fully saturated rings. The molecule has 30 heavy (non-hydrogen) atoms. The van der Waals surface area contributed by atoms with Crippen LogP contribution in [0.2, 0.25) is 0 Å². The Morgan fingerprint density at radius 3 is 2.57 bits per heavy atom. The lowest BCUT2D eigenvalue weighted by Crippen LogP contribution is -2.27. The summed E-state index contributed by atoms with van der Waals surface area (Å²) in [5, 5.41) is 0. The van der Waals surface area contributed by atoms with Gasteiger partial charge in [-0.05, 0) is 35.4 Å². The molecule has 0 atom stereocenters. The normalized spacial score (nSPS) is 15.1. The van der Waals surface area contributed by atoms with Gasteiger partial charge < -0.3 is 4.74 Å². The van der Waals surface area contributed by atoms with Crippen molar-refractivity contribution in [2.45, 2.75) is 13.2 Å². The predicted octanol–water partition coefficient (Wildman–Crippen LogP) is 5.81. The molecule has 0 saturated carbocycles. The van der Waals surface area contributed by atoms with Gasteiger partial charge in [-0.15, -0.1) is 0 Å². The van der Waals surface area contributed by atoms with Gasteiger partial charge in [0.05, 0.1) is 11.4 Å². The van der Waals surface area contributed by atoms with E-state index in [9.17, 15) is 9.18 Å². The van der Waals surface area contributed by atoms with Crippen LogP contribution < -0.4 is 4.74 Å². The molecule has 1 heterocycles. The zero-order valence-corrected chi connectivity index (χ0v) is 17.6. The summed E-state index contributed by atoms with van der Waals surface area (Å²) in [6.45, 7) is 0.587. The second-order valence-electron chi connectivity index (χ2n) is 6.71. The van der Waals surface area contributed by atoms with E-state index in [1.54, 1.807) is 35.2 Å². The molecule has 1 aliphatic rings. The van der Waals surface area contributed by atoms with Crippen LogP contribution in [0, 0.1) is 5.82 Å². The first-order valence-electron chi connectivity index (χ1n) is 9.36. The third-order valence-corrected chi connectivity index (χ3v) is 5.94. The third-order valence-electron chi connectivity index (χ3n) is 4.57. The van der Waals surface area contributed by atoms with Crippen LogP contribution in [-0.4, -0.2) is 15.1 Å². The second kappa shape index (κ2) is 9.24. The summed E-state index contributed by atoms with van der Waals surface area (Å²) < 4.78 is 20.0. The number of nitrogens with zero attached hydrogens (tertiary/aromatic N) is 1. The maximum atomic E-state index is 13.8. The summed E-state index contributed by atoms with van der Waals surface area (Å²) in [5.74, 6) is 0.203. The maximum Gasteiger partial charge on any atom is 0.266 e. The molecule has 6 heteroatoms. The Labute approximate surface area is 184 Å². The average molecular weight is 436 g/mol. The van der Waals surface area contributed by atoms with Crippen LogP contribution >= 0.6 is 24.0 Å². The number of amides is 1. The first-order chi connectivity index (χ1) is 14.6. The van der Waals surface area contributed by atoms with E-state index in [4.69, 9.17) is 17.0 Å². The Kier molecular flexibility index (Phi) is 6.26. The molecular formula is C24H18FNO2S2. The van der Waals surface area contributed by atoms with E-state index in [0.29, 0.717) is 27.1 Å². The molecule has 4 rings (SSSR count). The number of carbonyl (C=O) groups is 1. The Morgan fingerprint density at radius 2 is 1.77 bits per heavy atom. The fraction of sp³-hybridized carbons (Fsp3) is 0.0833. The summed E-state index contributed by atoms with van der Waals surface area (Å²) in [5.41, 5.74) is 2.34. The monoisotopic (exact) mass is 435 g/mol. The fourth-order valence-corrected chi connectivity index (χ4v) is 4.28. The molecule has 0 bridgehead atoms. The van der Waals surface area contributed by atoms with Crippen molar-refractivity contribution in [3.63, 3.8) is 0 Å². The van der Waals surface area contributed by atoms with Gasteiger partial charge in [0.25, 0.3) is 5.91 Å². The summed E-state index contributed by atoms with van der Waals surface area (Å²) >= 11 is 6.70. The van der Waals surface area contributed by atoms with Gasteiger partial charge in [-0.25, -0.2) is 4.39 Å². The quantitative estimate of drug-likeness (QED) is 0.361. The van der Waals surface area contributed by atoms with E-state index >= 15 is 0 Å². The minimum atomic E-state index is -0.296. The Bertz CT molecular complexity index is 1110. The van der Waals surface area contributed by atoms with Crippen molar-refractivity contribution in [3.05, 3.63) is 106 Å². The number of thioether (sulfide) groups is 1. The number of benzene rings is 3. The number of hydrogen-bond donors (Lipinski definition) is 0. The lowest BCUT2D eigenvalue weighted by atomic mass is 10.2. The molecule has 0 aromatic heterocycles. The zero-order chi connectivity index (χ0) is 20.9. The van der Waals surface area contributed by atoms with Crippen LogP contribution in [0.1, 0.15) is 16.7 Å². The zero-order valence-electron chi connectivity index (χ0n) is 16.0. The van der Waals surface area contributed by atoms with E-state index in [1.807, 2.05) is 48.5 Å². The van der Waals surface area contributed by atoms with Gasteiger partial charge in [-0.1, -0.05) is 84.6 Å². The molecule has 1 aliphatic heterocycles. The summed E-state index contributed by atoms with van der Waals surface area (Å²) in [6, 6.07) is 23.6. The van der Waals surface area contributed by atoms with E-state index in [-0.39, 0.29) is 18.3 Å². The number of ether oxygens (including phenoxy) is 1. The molecular weight excluding hydrogens is 417 g/mol. The highest BCUT2D eigenvalue weighted by atomic mass is 32.2. The number of hydrogen-bond acceptors (Lipinski definition) is 4. The molecule has 3 aromatic rings. The maximum absolute atomic E-state index is 13.8. The molecule has 1 amide bonds. The number of rotatable bonds is 6. The van der Waals surface area contributed by atoms with Crippen LogP contribution in [0.25, 0.3) is 6.08 Å². The van der Waals surface area contributed by atoms with Crippen LogP contribution in [-0.2, 0) is 17.9 Å². The van der Waals surface area contributed by atoms with E-state index in [1.165, 1.54) is 17.8 Å². The number of halogens is 1. The smallest absolute Gasteiger partial charge is 0.266 e. The Balaban J connectivity index is 1.47. The molecule has 3 nitrogen and oxygen atoms in total. The van der Waals surface area contributed by atoms with Crippen molar-refractivity contribution in [1.29, 1.82) is 0 Å². The minimum Gasteiger partial charge on any atom is -0.489 e. The summed E-state index contributed by atoms with van der Waals surface area (Å²) in [7, 11) is 0. The number of thiocarbonyl (C=S) groups is 1. The Hall–Kier alpha value is -2.96. The van der Waals surface area contributed by atoms with Crippen LogP contribution in [0.4, 0.5) is 4.39 Å². The first-order valence-corrected chi connectivity index (χ1v) is 10.6. The van der Waals surface area contributed by atoms with Crippen LogP contribution in [0.15, 0.2) is 83.8 Å². The van der Waals surface area contributed by atoms with E-state index in [2.05, 4.69) is 0 Å². The van der Waals surface area contributed by atoms with E-state index < -0.39 is 0 Å². The lowest BCUT2D eigenvalue weighted by molar-refractivity contribution is -0.122. The lowest BCUT2D eigenvalue weighted by Gasteiger charge is -2.14. The molecule has 150 valence electrons. The van der Waals surface area contributed by atoms with Gasteiger partial charge in [-0.2, -0.15) is 0 Å². The van der Waals surface area contributed by atoms with Gasteiger partial charge in [0.15, 0.2) is 0 Å². The minimum absolute atomic E-state index is 0.105. The standard InChI is InChI=1S/C24H18FNO2S2/c25-21-12-5-4-10-19(21)16-28-20-11-6-9-18(13-20)14-22-23(27)26(24(29)30-22)15-17-7-2-1-3-8-17/h1-14H,15-16H2/b22-14+. The Morgan fingerprint density at radius 1 is 1.00 bits per heavy atom. The molecule has 0 N–H and O–H groups in total. The van der Waals surface area contributed by atoms with Crippen LogP contribution in [0.3, 0.4) is 0 Å². The van der Waals surface area contributed by atoms with Gasteiger partial charge in [-0.3, -0.25) is 9.69 Å². The highest BCUT2D eigenvalue weighted by molar-refractivity contribution is 8.26. The van der Waals surface area contributed by atoms with Crippen molar-refractivity contribution < 1.29 is 13.9 Å². The third kappa shape index (κ3) is 4.78. The first kappa shape index (κ1) is 20.3. The highest BCUT2D eigenvalue weighted by Gasteiger charge is 2.31. The van der Waals surface area contributed by atoms with Gasteiger partial charge in [0, 0.05) is 5.56 Å². The molecule has 0 radical (unpaired) electrons. The summed E-state index contributed by atoms with van der Waals surface area (Å²) in [6.07, 6.45) is 1.81. The molecule has 0 aliphatic carbocycles. The topological polar surface area (TPSA) is 29.5 Å². The van der Waals surface area contributed by atoms with Crippen LogP contribution in [0.5, 0.6) is 5.75 Å². The molecule has 0 unspecified atom stereocenters. The van der Waals surface area contributed by atoms with Gasteiger partial charge >= 0.3 is 0 Å². The van der Waals surface area contributed by atoms with Crippen molar-refractivity contribution in [2.24, 2.45) is 0 Å². The summed E-state index contributed by atoms with van der Waals surface area (Å²) in [4.78, 5) is 15.0. The van der Waals surface area contributed by atoms with Gasteiger partial charge in [0.2, 0.25) is 0 Å². The molecule has 0 spiro atoms.